The van der Waals surface area contributed by atoms with Crippen molar-refractivity contribution in [1.82, 2.24) is 16.0 Å². The van der Waals surface area contributed by atoms with E-state index in [2.05, 4.69) is 16.0 Å². The zero-order valence-corrected chi connectivity index (χ0v) is 18.6. The van der Waals surface area contributed by atoms with Gasteiger partial charge in [0.25, 0.3) is 0 Å². The average Bonchev–Trinajstić information content (AvgIpc) is 2.71. The molecule has 182 valence electrons. The third kappa shape index (κ3) is 9.15. The highest BCUT2D eigenvalue weighted by Gasteiger charge is 2.32. The fourth-order valence-electron chi connectivity index (χ4n) is 2.80. The molecule has 4 unspecified atom stereocenters. The summed E-state index contributed by atoms with van der Waals surface area (Å²) in [4.78, 5) is 60.2. The molecule has 33 heavy (non-hydrogen) atoms. The number of hydrogen-bond donors (Lipinski definition) is 7. The lowest BCUT2D eigenvalue weighted by atomic mass is 10.0. The number of nitrogens with two attached hydrogens (primary N) is 1. The predicted octanol–water partition coefficient (Wildman–Crippen LogP) is -1.05. The number of benzene rings is 1. The maximum atomic E-state index is 12.9. The molecule has 0 aromatic heterocycles. The Kier molecular flexibility index (Phi) is 10.3. The van der Waals surface area contributed by atoms with Gasteiger partial charge in [0, 0.05) is 6.42 Å². The fourth-order valence-corrected chi connectivity index (χ4v) is 2.80. The lowest BCUT2D eigenvalue weighted by Crippen LogP contribution is -2.58. The highest BCUT2D eigenvalue weighted by Crippen LogP contribution is 2.12. The monoisotopic (exact) mass is 466 g/mol. The van der Waals surface area contributed by atoms with Gasteiger partial charge in [-0.2, -0.15) is 0 Å². The molecule has 0 heterocycles. The molecule has 0 aliphatic heterocycles. The Labute approximate surface area is 190 Å². The second-order valence-corrected chi connectivity index (χ2v) is 7.95. The normalized spacial score (nSPS) is 14.5. The maximum Gasteiger partial charge on any atom is 0.326 e. The van der Waals surface area contributed by atoms with Gasteiger partial charge in [-0.15, -0.1) is 0 Å². The predicted molar refractivity (Wildman–Crippen MR) is 116 cm³/mol. The van der Waals surface area contributed by atoms with E-state index in [1.54, 1.807) is 13.8 Å². The van der Waals surface area contributed by atoms with Crippen molar-refractivity contribution in [2.45, 2.75) is 57.8 Å². The van der Waals surface area contributed by atoms with E-state index < -0.39 is 66.2 Å². The number of phenolic OH excluding ortho intramolecular Hbond substituents is 1. The van der Waals surface area contributed by atoms with Gasteiger partial charge in [0.2, 0.25) is 17.7 Å². The number of phenols is 1. The molecular weight excluding hydrogens is 436 g/mol. The van der Waals surface area contributed by atoms with Crippen molar-refractivity contribution in [3.05, 3.63) is 29.8 Å². The van der Waals surface area contributed by atoms with Gasteiger partial charge in [0.15, 0.2) is 0 Å². The lowest BCUT2D eigenvalue weighted by Gasteiger charge is -2.25. The first-order chi connectivity index (χ1) is 15.3. The minimum absolute atomic E-state index is 0.0188. The van der Waals surface area contributed by atoms with Crippen LogP contribution in [0.25, 0.3) is 0 Å². The van der Waals surface area contributed by atoms with E-state index in [1.807, 2.05) is 0 Å². The summed E-state index contributed by atoms with van der Waals surface area (Å²) in [6, 6.07) is 0.698. The molecule has 4 atom stereocenters. The quantitative estimate of drug-likeness (QED) is 0.200. The third-order valence-corrected chi connectivity index (χ3v) is 4.66. The van der Waals surface area contributed by atoms with E-state index in [4.69, 9.17) is 10.8 Å². The lowest BCUT2D eigenvalue weighted by molar-refractivity contribution is -0.144. The Bertz CT molecular complexity index is 870. The van der Waals surface area contributed by atoms with Crippen LogP contribution in [-0.2, 0) is 30.4 Å². The average molecular weight is 466 g/mol. The number of carboxylic acids is 2. The summed E-state index contributed by atoms with van der Waals surface area (Å²) >= 11 is 0. The van der Waals surface area contributed by atoms with Crippen molar-refractivity contribution in [3.8, 4) is 5.75 Å². The van der Waals surface area contributed by atoms with Crippen molar-refractivity contribution in [3.63, 3.8) is 0 Å². The molecular formula is C21H30N4O8. The number of aliphatic carboxylic acids is 2. The summed E-state index contributed by atoms with van der Waals surface area (Å²) < 4.78 is 0. The summed E-state index contributed by atoms with van der Waals surface area (Å²) in [5.74, 6) is -5.64. The van der Waals surface area contributed by atoms with Crippen molar-refractivity contribution >= 4 is 29.7 Å². The Hall–Kier alpha value is -3.67. The molecule has 3 amide bonds. The minimum atomic E-state index is -1.52. The summed E-state index contributed by atoms with van der Waals surface area (Å²) in [7, 11) is 0. The molecule has 0 saturated heterocycles. The van der Waals surface area contributed by atoms with Crippen LogP contribution in [0, 0.1) is 5.92 Å². The second-order valence-electron chi connectivity index (χ2n) is 7.95. The summed E-state index contributed by atoms with van der Waals surface area (Å²) in [6.45, 7) is 4.54. The summed E-state index contributed by atoms with van der Waals surface area (Å²) in [6.07, 6.45) is -0.856. The molecule has 0 spiro atoms. The van der Waals surface area contributed by atoms with E-state index >= 15 is 0 Å². The Morgan fingerprint density at radius 3 is 1.82 bits per heavy atom. The molecule has 0 aliphatic carbocycles. The summed E-state index contributed by atoms with van der Waals surface area (Å²) in [5, 5.41) is 34.9. The van der Waals surface area contributed by atoms with Gasteiger partial charge in [-0.1, -0.05) is 26.0 Å². The van der Waals surface area contributed by atoms with Crippen molar-refractivity contribution < 1.29 is 39.3 Å². The number of aromatic hydroxyl groups is 1. The fraction of sp³-hybridized carbons (Fsp3) is 0.476. The molecule has 0 aliphatic rings. The van der Waals surface area contributed by atoms with Crippen LogP contribution in [0.5, 0.6) is 5.75 Å². The second kappa shape index (κ2) is 12.4. The van der Waals surface area contributed by atoms with E-state index in [-0.39, 0.29) is 12.2 Å². The number of carboxylic acid groups (broad SMARTS) is 2. The van der Waals surface area contributed by atoms with Crippen molar-refractivity contribution in [1.29, 1.82) is 0 Å². The van der Waals surface area contributed by atoms with Crippen LogP contribution in [0.1, 0.15) is 32.8 Å². The van der Waals surface area contributed by atoms with Gasteiger partial charge in [0.05, 0.1) is 12.5 Å². The summed E-state index contributed by atoms with van der Waals surface area (Å²) in [5.41, 5.74) is 5.99. The maximum absolute atomic E-state index is 12.9. The van der Waals surface area contributed by atoms with Crippen LogP contribution >= 0.6 is 0 Å². The van der Waals surface area contributed by atoms with E-state index in [9.17, 15) is 34.2 Å². The molecule has 0 saturated carbocycles. The SMILES string of the molecule is CC(N)C(=O)NC(CC(=O)O)C(=O)NC(Cc1ccc(O)cc1)C(=O)NC(C(=O)O)C(C)C. The smallest absolute Gasteiger partial charge is 0.326 e. The Balaban J connectivity index is 3.16. The van der Waals surface area contributed by atoms with E-state index in [1.165, 1.54) is 31.2 Å². The van der Waals surface area contributed by atoms with Gasteiger partial charge in [-0.25, -0.2) is 4.79 Å². The zero-order chi connectivity index (χ0) is 25.3. The van der Waals surface area contributed by atoms with Crippen LogP contribution in [0.2, 0.25) is 0 Å². The molecule has 0 bridgehead atoms. The minimum Gasteiger partial charge on any atom is -0.508 e. The number of carbonyl (C=O) groups is 5. The van der Waals surface area contributed by atoms with Crippen LogP contribution in [0.4, 0.5) is 0 Å². The number of amides is 3. The van der Waals surface area contributed by atoms with Crippen LogP contribution in [-0.4, -0.2) is 69.1 Å². The first-order valence-electron chi connectivity index (χ1n) is 10.2. The van der Waals surface area contributed by atoms with Crippen molar-refractivity contribution in [2.24, 2.45) is 11.7 Å². The molecule has 1 rings (SSSR count). The number of rotatable bonds is 12. The standard InChI is InChI=1S/C21H30N4O8/c1-10(2)17(21(32)33)25-20(31)14(8-12-4-6-13(26)7-5-12)24-19(30)15(9-16(27)28)23-18(29)11(3)22/h4-7,10-11,14-15,17,26H,8-9,22H2,1-3H3,(H,23,29)(H,24,30)(H,25,31)(H,27,28)(H,32,33). The van der Waals surface area contributed by atoms with Crippen LogP contribution < -0.4 is 21.7 Å². The molecule has 0 radical (unpaired) electrons. The van der Waals surface area contributed by atoms with Gasteiger partial charge >= 0.3 is 11.9 Å². The molecule has 1 aromatic rings. The first-order valence-corrected chi connectivity index (χ1v) is 10.2. The van der Waals surface area contributed by atoms with Crippen LogP contribution in [0.3, 0.4) is 0 Å². The molecule has 8 N–H and O–H groups in total. The number of hydrogen-bond acceptors (Lipinski definition) is 7. The molecule has 12 heteroatoms. The Morgan fingerprint density at radius 1 is 0.848 bits per heavy atom. The van der Waals surface area contributed by atoms with Gasteiger partial charge in [-0.05, 0) is 30.5 Å². The number of nitrogens with one attached hydrogen (secondary N) is 3. The highest BCUT2D eigenvalue weighted by molar-refractivity contribution is 5.95. The first kappa shape index (κ1) is 27.4. The molecule has 1 aromatic carbocycles. The highest BCUT2D eigenvalue weighted by atomic mass is 16.4. The molecule has 0 fully saturated rings. The largest absolute Gasteiger partial charge is 0.508 e. The van der Waals surface area contributed by atoms with Gasteiger partial charge in [0.1, 0.15) is 23.9 Å². The Morgan fingerprint density at radius 2 is 1.36 bits per heavy atom. The van der Waals surface area contributed by atoms with Crippen molar-refractivity contribution in [2.75, 3.05) is 0 Å². The topological polar surface area (TPSA) is 208 Å². The van der Waals surface area contributed by atoms with Gasteiger partial charge in [-0.3, -0.25) is 19.2 Å². The zero-order valence-electron chi connectivity index (χ0n) is 18.6. The van der Waals surface area contributed by atoms with E-state index in [0.717, 1.165) is 0 Å². The number of carbonyl (C=O) groups excluding carboxylic acids is 3. The third-order valence-electron chi connectivity index (χ3n) is 4.66. The van der Waals surface area contributed by atoms with E-state index in [0.29, 0.717) is 5.56 Å². The van der Waals surface area contributed by atoms with Gasteiger partial charge < -0.3 is 37.0 Å². The molecule has 12 nitrogen and oxygen atoms in total. The van der Waals surface area contributed by atoms with Crippen LogP contribution in [0.15, 0.2) is 24.3 Å².